The van der Waals surface area contributed by atoms with E-state index in [0.29, 0.717) is 11.8 Å². The van der Waals surface area contributed by atoms with Crippen molar-refractivity contribution in [1.82, 2.24) is 0 Å². The fourth-order valence-corrected chi connectivity index (χ4v) is 9.62. The standard InChI is InChI=1S/C53H79N.C8H14/c1-10-15-17-19-21-23-38-53(39-24-22-20-18-16-11-2)44(8)40-42(6)26-25-27-46-30-35-50(41-51(46)53)54(48-33-28-45(29-34-48)43(7)12-3)49-36-31-47(32-37-49)52(9,13-4)14-5;1-3-5-7-8-6-4-2/h25-26,28-37,40-41,43-44H,10-24,27,38-39H2,1-9H3;3,5,7-8H,4,6H2,1-2H3/b26-25-,42-40-;5-3+,8-7+. The lowest BCUT2D eigenvalue weighted by Crippen LogP contribution is -2.35. The van der Waals surface area contributed by atoms with Gasteiger partial charge in [0.15, 0.2) is 0 Å². The molecule has 62 heavy (non-hydrogen) atoms. The third-order valence-electron chi connectivity index (χ3n) is 14.6. The average molecular weight is 840 g/mol. The van der Waals surface area contributed by atoms with Crippen LogP contribution in [-0.2, 0) is 17.3 Å². The molecule has 0 N–H and O–H groups in total. The number of unbranched alkanes of at least 4 members (excludes halogenated alkanes) is 11. The Kier molecular flexibility index (Phi) is 24.7. The molecule has 342 valence electrons. The minimum atomic E-state index is 0.105. The minimum absolute atomic E-state index is 0.105. The lowest BCUT2D eigenvalue weighted by atomic mass is 9.63. The molecule has 2 unspecified atom stereocenters. The van der Waals surface area contributed by atoms with Gasteiger partial charge in [0.05, 0.1) is 0 Å². The van der Waals surface area contributed by atoms with E-state index in [2.05, 4.69) is 177 Å². The fourth-order valence-electron chi connectivity index (χ4n) is 9.62. The van der Waals surface area contributed by atoms with Gasteiger partial charge in [-0.3, -0.25) is 0 Å². The van der Waals surface area contributed by atoms with Gasteiger partial charge in [-0.2, -0.15) is 0 Å². The molecule has 2 atom stereocenters. The number of hydrogen-bond donors (Lipinski definition) is 0. The lowest BCUT2D eigenvalue weighted by Gasteiger charge is -2.42. The van der Waals surface area contributed by atoms with Crippen LogP contribution in [0.3, 0.4) is 0 Å². The van der Waals surface area contributed by atoms with Crippen LogP contribution >= 0.6 is 0 Å². The number of benzene rings is 3. The molecule has 3 aromatic carbocycles. The smallest absolute Gasteiger partial charge is 0.0464 e. The molecular formula is C61H93N. The Morgan fingerprint density at radius 2 is 1.24 bits per heavy atom. The fraction of sp³-hybridized carbons (Fsp3) is 0.574. The van der Waals surface area contributed by atoms with Gasteiger partial charge in [-0.25, -0.2) is 0 Å². The summed E-state index contributed by atoms with van der Waals surface area (Å²) < 4.78 is 0. The number of rotatable bonds is 25. The molecule has 0 aliphatic heterocycles. The number of allylic oxidation sites excluding steroid dienone is 8. The Balaban J connectivity index is 0.00000116. The Bertz CT molecular complexity index is 1740. The van der Waals surface area contributed by atoms with Crippen LogP contribution in [0.2, 0.25) is 0 Å². The molecule has 0 saturated carbocycles. The number of fused-ring (bicyclic) bond motifs is 1. The molecule has 1 aliphatic carbocycles. The van der Waals surface area contributed by atoms with Crippen LogP contribution in [0.25, 0.3) is 0 Å². The summed E-state index contributed by atoms with van der Waals surface area (Å²) in [5.41, 5.74) is 11.5. The largest absolute Gasteiger partial charge is 0.310 e. The van der Waals surface area contributed by atoms with E-state index in [1.165, 1.54) is 142 Å². The molecule has 0 spiro atoms. The third kappa shape index (κ3) is 15.9. The second-order valence-corrected chi connectivity index (χ2v) is 19.1. The van der Waals surface area contributed by atoms with E-state index in [4.69, 9.17) is 0 Å². The van der Waals surface area contributed by atoms with Gasteiger partial charge >= 0.3 is 0 Å². The topological polar surface area (TPSA) is 3.24 Å². The van der Waals surface area contributed by atoms with E-state index in [9.17, 15) is 0 Å². The first-order valence-corrected chi connectivity index (χ1v) is 25.8. The number of hydrogen-bond acceptors (Lipinski definition) is 1. The molecule has 0 saturated heterocycles. The first-order valence-electron chi connectivity index (χ1n) is 25.8. The molecule has 4 rings (SSSR count). The number of nitrogens with zero attached hydrogens (tertiary/aromatic N) is 1. The Morgan fingerprint density at radius 1 is 0.694 bits per heavy atom. The molecule has 0 bridgehead atoms. The first-order chi connectivity index (χ1) is 30.1. The number of anilines is 3. The quantitative estimate of drug-likeness (QED) is 0.0607. The molecular weight excluding hydrogens is 747 g/mol. The summed E-state index contributed by atoms with van der Waals surface area (Å²) in [6.07, 6.45) is 41.3. The summed E-state index contributed by atoms with van der Waals surface area (Å²) in [6, 6.07) is 26.7. The van der Waals surface area contributed by atoms with Crippen molar-refractivity contribution in [1.29, 1.82) is 0 Å². The highest BCUT2D eigenvalue weighted by atomic mass is 15.1. The van der Waals surface area contributed by atoms with E-state index in [0.717, 1.165) is 25.7 Å². The highest BCUT2D eigenvalue weighted by molar-refractivity contribution is 5.77. The zero-order chi connectivity index (χ0) is 45.2. The predicted octanol–water partition coefficient (Wildman–Crippen LogP) is 20.1. The van der Waals surface area contributed by atoms with Crippen LogP contribution in [0.1, 0.15) is 226 Å². The monoisotopic (exact) mass is 840 g/mol. The molecule has 0 radical (unpaired) electrons. The van der Waals surface area contributed by atoms with Crippen LogP contribution in [0, 0.1) is 5.92 Å². The van der Waals surface area contributed by atoms with Gasteiger partial charge in [0.2, 0.25) is 0 Å². The van der Waals surface area contributed by atoms with Crippen molar-refractivity contribution in [2.24, 2.45) is 5.92 Å². The van der Waals surface area contributed by atoms with Gasteiger partial charge in [0.25, 0.3) is 0 Å². The molecule has 0 aromatic heterocycles. The van der Waals surface area contributed by atoms with Gasteiger partial charge in [-0.05, 0) is 135 Å². The second-order valence-electron chi connectivity index (χ2n) is 19.1. The molecule has 0 heterocycles. The highest BCUT2D eigenvalue weighted by Gasteiger charge is 2.38. The highest BCUT2D eigenvalue weighted by Crippen LogP contribution is 2.48. The summed E-state index contributed by atoms with van der Waals surface area (Å²) in [5, 5.41) is 0. The predicted molar refractivity (Wildman–Crippen MR) is 280 cm³/mol. The van der Waals surface area contributed by atoms with Crippen LogP contribution in [0.4, 0.5) is 17.1 Å². The van der Waals surface area contributed by atoms with E-state index in [-0.39, 0.29) is 10.8 Å². The normalized spacial score (nSPS) is 17.0. The van der Waals surface area contributed by atoms with Gasteiger partial charge < -0.3 is 4.90 Å². The summed E-state index contributed by atoms with van der Waals surface area (Å²) in [7, 11) is 0. The minimum Gasteiger partial charge on any atom is -0.310 e. The molecule has 3 aromatic rings. The average Bonchev–Trinajstić information content (AvgIpc) is 3.34. The van der Waals surface area contributed by atoms with E-state index in [1.807, 2.05) is 13.0 Å². The summed E-state index contributed by atoms with van der Waals surface area (Å²) in [4.78, 5) is 2.55. The van der Waals surface area contributed by atoms with Crippen molar-refractivity contribution in [3.05, 3.63) is 137 Å². The van der Waals surface area contributed by atoms with Crippen molar-refractivity contribution in [3.8, 4) is 0 Å². The Labute approximate surface area is 384 Å². The van der Waals surface area contributed by atoms with E-state index in [1.54, 1.807) is 5.56 Å². The molecule has 1 nitrogen and oxygen atoms in total. The van der Waals surface area contributed by atoms with E-state index >= 15 is 0 Å². The zero-order valence-corrected chi connectivity index (χ0v) is 42.1. The van der Waals surface area contributed by atoms with Crippen molar-refractivity contribution in [2.75, 3.05) is 4.90 Å². The third-order valence-corrected chi connectivity index (χ3v) is 14.6. The maximum atomic E-state index is 2.65. The van der Waals surface area contributed by atoms with Crippen LogP contribution in [0.5, 0.6) is 0 Å². The Morgan fingerprint density at radius 3 is 1.77 bits per heavy atom. The van der Waals surface area contributed by atoms with Crippen LogP contribution < -0.4 is 4.90 Å². The van der Waals surface area contributed by atoms with Crippen LogP contribution in [0.15, 0.2) is 115 Å². The van der Waals surface area contributed by atoms with Gasteiger partial charge in [0.1, 0.15) is 0 Å². The van der Waals surface area contributed by atoms with Crippen molar-refractivity contribution in [3.63, 3.8) is 0 Å². The van der Waals surface area contributed by atoms with Gasteiger partial charge in [0, 0.05) is 22.5 Å². The first kappa shape index (κ1) is 52.8. The molecule has 1 heteroatoms. The van der Waals surface area contributed by atoms with Crippen molar-refractivity contribution < 1.29 is 0 Å². The summed E-state index contributed by atoms with van der Waals surface area (Å²) in [5.74, 6) is 1.02. The van der Waals surface area contributed by atoms with Crippen molar-refractivity contribution in [2.45, 2.75) is 221 Å². The SMILES string of the molecule is C/C=C/C=C/CCC.CCCCCCCCC1(CCCCCCCC)c2cc(N(c3ccc(C(C)CC)cc3)c3ccc(C(C)(CC)CC)cc3)ccc2C/C=C\C(C)=C/C1C. The Hall–Kier alpha value is -3.58. The van der Waals surface area contributed by atoms with Gasteiger partial charge in [-0.15, -0.1) is 0 Å². The second kappa shape index (κ2) is 29.0. The maximum Gasteiger partial charge on any atom is 0.0464 e. The molecule has 0 amide bonds. The van der Waals surface area contributed by atoms with E-state index < -0.39 is 0 Å². The summed E-state index contributed by atoms with van der Waals surface area (Å²) >= 11 is 0. The van der Waals surface area contributed by atoms with Gasteiger partial charge in [-0.1, -0.05) is 224 Å². The lowest BCUT2D eigenvalue weighted by molar-refractivity contribution is 0.265. The maximum absolute atomic E-state index is 2.65. The molecule has 0 fully saturated rings. The van der Waals surface area contributed by atoms with Crippen LogP contribution in [-0.4, -0.2) is 0 Å². The molecule has 1 aliphatic rings. The summed E-state index contributed by atoms with van der Waals surface area (Å²) in [6.45, 7) is 25.5. The van der Waals surface area contributed by atoms with Crippen molar-refractivity contribution >= 4 is 17.1 Å². The zero-order valence-electron chi connectivity index (χ0n) is 42.1.